The fourth-order valence-electron chi connectivity index (χ4n) is 3.30. The first kappa shape index (κ1) is 14.9. The number of fused-ring (bicyclic) bond motifs is 1. The highest BCUT2D eigenvalue weighted by Crippen LogP contribution is 2.42. The third-order valence-electron chi connectivity index (χ3n) is 4.52. The zero-order chi connectivity index (χ0) is 15.0. The fourth-order valence-corrected chi connectivity index (χ4v) is 3.30. The predicted octanol–water partition coefficient (Wildman–Crippen LogP) is 1.25. The molecule has 6 unspecified atom stereocenters. The van der Waals surface area contributed by atoms with E-state index in [2.05, 4.69) is 0 Å². The molecule has 116 valence electrons. The van der Waals surface area contributed by atoms with Gasteiger partial charge in [-0.2, -0.15) is 0 Å². The van der Waals surface area contributed by atoms with Gasteiger partial charge < -0.3 is 24.4 Å². The predicted molar refractivity (Wildman–Crippen MR) is 75.5 cm³/mol. The standard InChI is InChI=1S/C16H22O5/c1-10-13(18)11(2)21-16(8-17)9-19-15(20-14(10)16)12-6-4-3-5-7-12/h3-7,10-11,13-15,17-18H,8-9H2,1-2H3. The molecule has 3 rings (SSSR count). The quantitative estimate of drug-likeness (QED) is 0.859. The minimum Gasteiger partial charge on any atom is -0.393 e. The van der Waals surface area contributed by atoms with Crippen molar-refractivity contribution in [1.82, 2.24) is 0 Å². The van der Waals surface area contributed by atoms with Crippen LogP contribution in [-0.4, -0.2) is 47.3 Å². The Hall–Kier alpha value is -0.980. The Kier molecular flexibility index (Phi) is 4.03. The highest BCUT2D eigenvalue weighted by molar-refractivity contribution is 5.17. The van der Waals surface area contributed by atoms with Crippen molar-refractivity contribution < 1.29 is 24.4 Å². The molecule has 1 aromatic carbocycles. The number of hydrogen-bond donors (Lipinski definition) is 2. The number of aliphatic hydroxyl groups excluding tert-OH is 2. The molecule has 6 atom stereocenters. The summed E-state index contributed by atoms with van der Waals surface area (Å²) >= 11 is 0. The molecule has 0 bridgehead atoms. The van der Waals surface area contributed by atoms with Gasteiger partial charge in [-0.25, -0.2) is 0 Å². The van der Waals surface area contributed by atoms with Crippen molar-refractivity contribution in [1.29, 1.82) is 0 Å². The molecular weight excluding hydrogens is 272 g/mol. The molecule has 2 saturated heterocycles. The minimum absolute atomic E-state index is 0.143. The molecule has 0 radical (unpaired) electrons. The molecule has 2 N–H and O–H groups in total. The van der Waals surface area contributed by atoms with Gasteiger partial charge in [0.05, 0.1) is 31.5 Å². The van der Waals surface area contributed by atoms with Gasteiger partial charge in [0.2, 0.25) is 0 Å². The molecular formula is C16H22O5. The minimum atomic E-state index is -0.899. The van der Waals surface area contributed by atoms with Gasteiger partial charge in [-0.15, -0.1) is 0 Å². The van der Waals surface area contributed by atoms with E-state index < -0.39 is 24.1 Å². The number of hydrogen-bond acceptors (Lipinski definition) is 5. The SMILES string of the molecule is CC1OC2(CO)COC(c3ccccc3)OC2C(C)C1O. The van der Waals surface area contributed by atoms with E-state index in [4.69, 9.17) is 14.2 Å². The van der Waals surface area contributed by atoms with Crippen LogP contribution in [0, 0.1) is 5.92 Å². The lowest BCUT2D eigenvalue weighted by Crippen LogP contribution is -2.67. The second kappa shape index (κ2) is 5.66. The summed E-state index contributed by atoms with van der Waals surface area (Å²) < 4.78 is 17.6. The van der Waals surface area contributed by atoms with Crippen LogP contribution in [0.5, 0.6) is 0 Å². The van der Waals surface area contributed by atoms with Crippen LogP contribution in [0.2, 0.25) is 0 Å². The Labute approximate surface area is 124 Å². The molecule has 21 heavy (non-hydrogen) atoms. The molecule has 5 nitrogen and oxygen atoms in total. The molecule has 0 aliphatic carbocycles. The van der Waals surface area contributed by atoms with Crippen molar-refractivity contribution in [2.45, 2.75) is 44.1 Å². The van der Waals surface area contributed by atoms with Crippen LogP contribution >= 0.6 is 0 Å². The van der Waals surface area contributed by atoms with Gasteiger partial charge in [0, 0.05) is 11.5 Å². The molecule has 0 aromatic heterocycles. The lowest BCUT2D eigenvalue weighted by molar-refractivity contribution is -0.361. The second-order valence-electron chi connectivity index (χ2n) is 6.01. The van der Waals surface area contributed by atoms with E-state index in [0.717, 1.165) is 5.56 Å². The van der Waals surface area contributed by atoms with Crippen molar-refractivity contribution in [3.63, 3.8) is 0 Å². The monoisotopic (exact) mass is 294 g/mol. The maximum absolute atomic E-state index is 10.2. The summed E-state index contributed by atoms with van der Waals surface area (Å²) in [5, 5.41) is 20.0. The summed E-state index contributed by atoms with van der Waals surface area (Å²) in [6.45, 7) is 3.78. The smallest absolute Gasteiger partial charge is 0.184 e. The van der Waals surface area contributed by atoms with Crippen molar-refractivity contribution in [3.05, 3.63) is 35.9 Å². The highest BCUT2D eigenvalue weighted by Gasteiger charge is 2.55. The molecule has 2 aliphatic rings. The first-order chi connectivity index (χ1) is 10.1. The lowest BCUT2D eigenvalue weighted by atomic mass is 9.79. The van der Waals surface area contributed by atoms with Crippen molar-refractivity contribution in [2.24, 2.45) is 5.92 Å². The van der Waals surface area contributed by atoms with Crippen LogP contribution in [-0.2, 0) is 14.2 Å². The van der Waals surface area contributed by atoms with E-state index >= 15 is 0 Å². The van der Waals surface area contributed by atoms with Crippen molar-refractivity contribution in [2.75, 3.05) is 13.2 Å². The largest absolute Gasteiger partial charge is 0.393 e. The summed E-state index contributed by atoms with van der Waals surface area (Å²) in [5.74, 6) is -0.143. The number of rotatable bonds is 2. The van der Waals surface area contributed by atoms with Gasteiger partial charge in [0.15, 0.2) is 6.29 Å². The van der Waals surface area contributed by atoms with Crippen LogP contribution in [0.25, 0.3) is 0 Å². The van der Waals surface area contributed by atoms with Gasteiger partial charge in [0.1, 0.15) is 5.60 Å². The Bertz CT molecular complexity index is 479. The van der Waals surface area contributed by atoms with Crippen LogP contribution in [0.15, 0.2) is 30.3 Å². The van der Waals surface area contributed by atoms with E-state index in [1.807, 2.05) is 37.3 Å². The molecule has 0 amide bonds. The number of benzene rings is 1. The van der Waals surface area contributed by atoms with Gasteiger partial charge in [-0.1, -0.05) is 37.3 Å². The number of ether oxygens (including phenoxy) is 3. The fraction of sp³-hybridized carbons (Fsp3) is 0.625. The normalized spacial score (nSPS) is 43.3. The average Bonchev–Trinajstić information content (AvgIpc) is 2.53. The van der Waals surface area contributed by atoms with Crippen LogP contribution in [0.1, 0.15) is 25.7 Å². The summed E-state index contributed by atoms with van der Waals surface area (Å²) in [6.07, 6.45) is -1.89. The van der Waals surface area contributed by atoms with E-state index in [9.17, 15) is 10.2 Å². The molecule has 1 aromatic rings. The first-order valence-corrected chi connectivity index (χ1v) is 7.36. The highest BCUT2D eigenvalue weighted by atomic mass is 16.7. The second-order valence-corrected chi connectivity index (χ2v) is 6.01. The third kappa shape index (κ3) is 2.49. The Balaban J connectivity index is 1.85. The maximum atomic E-state index is 10.2. The topological polar surface area (TPSA) is 68.2 Å². The molecule has 2 aliphatic heterocycles. The van der Waals surface area contributed by atoms with Gasteiger partial charge in [0.25, 0.3) is 0 Å². The summed E-state index contributed by atoms with van der Waals surface area (Å²) in [4.78, 5) is 0. The van der Waals surface area contributed by atoms with E-state index in [-0.39, 0.29) is 25.2 Å². The van der Waals surface area contributed by atoms with E-state index in [0.29, 0.717) is 0 Å². The van der Waals surface area contributed by atoms with Gasteiger partial charge in [-0.05, 0) is 6.92 Å². The van der Waals surface area contributed by atoms with Crippen molar-refractivity contribution >= 4 is 0 Å². The molecule has 2 heterocycles. The Morgan fingerprint density at radius 2 is 1.95 bits per heavy atom. The average molecular weight is 294 g/mol. The van der Waals surface area contributed by atoms with Gasteiger partial charge in [-0.3, -0.25) is 0 Å². The Morgan fingerprint density at radius 3 is 2.62 bits per heavy atom. The molecule has 0 spiro atoms. The van der Waals surface area contributed by atoms with Gasteiger partial charge >= 0.3 is 0 Å². The van der Waals surface area contributed by atoms with E-state index in [1.54, 1.807) is 6.92 Å². The summed E-state index contributed by atoms with van der Waals surface area (Å²) in [6, 6.07) is 9.65. The Morgan fingerprint density at radius 1 is 1.24 bits per heavy atom. The zero-order valence-electron chi connectivity index (χ0n) is 12.3. The summed E-state index contributed by atoms with van der Waals surface area (Å²) in [5.41, 5.74) is 0.0212. The molecule has 2 fully saturated rings. The van der Waals surface area contributed by atoms with Crippen LogP contribution in [0.3, 0.4) is 0 Å². The summed E-state index contributed by atoms with van der Waals surface area (Å²) in [7, 11) is 0. The molecule has 0 saturated carbocycles. The van der Waals surface area contributed by atoms with E-state index in [1.165, 1.54) is 0 Å². The first-order valence-electron chi connectivity index (χ1n) is 7.36. The maximum Gasteiger partial charge on any atom is 0.184 e. The number of aliphatic hydroxyl groups is 2. The lowest BCUT2D eigenvalue weighted by Gasteiger charge is -2.53. The zero-order valence-corrected chi connectivity index (χ0v) is 12.3. The van der Waals surface area contributed by atoms with Crippen molar-refractivity contribution in [3.8, 4) is 0 Å². The third-order valence-corrected chi connectivity index (χ3v) is 4.52. The van der Waals surface area contributed by atoms with Crippen LogP contribution < -0.4 is 0 Å². The van der Waals surface area contributed by atoms with Crippen LogP contribution in [0.4, 0.5) is 0 Å². The molecule has 5 heteroatoms.